The Balaban J connectivity index is 1.94. The number of nitrogens with one attached hydrogen (secondary N) is 1. The highest BCUT2D eigenvalue weighted by atomic mass is 32.2. The van der Waals surface area contributed by atoms with Crippen molar-refractivity contribution < 1.29 is 9.53 Å². The van der Waals surface area contributed by atoms with Crippen LogP contribution in [-0.2, 0) is 17.8 Å². The monoisotopic (exact) mass is 322 g/mol. The Bertz CT molecular complexity index is 626. The minimum atomic E-state index is 0.000286. The van der Waals surface area contributed by atoms with E-state index in [2.05, 4.69) is 10.3 Å². The quantitative estimate of drug-likeness (QED) is 0.831. The van der Waals surface area contributed by atoms with Crippen molar-refractivity contribution in [2.24, 2.45) is 0 Å². The van der Waals surface area contributed by atoms with E-state index in [4.69, 9.17) is 4.74 Å². The number of thiazole rings is 1. The molecule has 0 aliphatic rings. The normalized spacial score (nSPS) is 10.4. The maximum atomic E-state index is 12.1. The maximum absolute atomic E-state index is 12.1. The number of amides is 1. The number of hydrogen-bond donors (Lipinski definition) is 1. The first-order valence-electron chi connectivity index (χ1n) is 6.53. The Morgan fingerprint density at radius 3 is 2.86 bits per heavy atom. The van der Waals surface area contributed by atoms with Gasteiger partial charge in [-0.15, -0.1) is 11.3 Å². The predicted molar refractivity (Wildman–Crippen MR) is 87.2 cm³/mol. The van der Waals surface area contributed by atoms with E-state index in [0.717, 1.165) is 26.2 Å². The predicted octanol–water partition coefficient (Wildman–Crippen LogP) is 3.04. The average molecular weight is 322 g/mol. The summed E-state index contributed by atoms with van der Waals surface area (Å²) in [7, 11) is 1.63. The fourth-order valence-electron chi connectivity index (χ4n) is 1.90. The van der Waals surface area contributed by atoms with Crippen LogP contribution in [0.1, 0.15) is 16.1 Å². The third kappa shape index (κ3) is 4.22. The van der Waals surface area contributed by atoms with Crippen LogP contribution < -0.4 is 10.1 Å². The highest BCUT2D eigenvalue weighted by Crippen LogP contribution is 2.25. The first-order chi connectivity index (χ1) is 10.1. The number of nitrogens with zero attached hydrogens (tertiary/aromatic N) is 1. The van der Waals surface area contributed by atoms with E-state index in [1.165, 1.54) is 0 Å². The van der Waals surface area contributed by atoms with Crippen LogP contribution in [0.4, 0.5) is 0 Å². The average Bonchev–Trinajstić information content (AvgIpc) is 2.85. The second-order valence-electron chi connectivity index (χ2n) is 4.46. The van der Waals surface area contributed by atoms with Gasteiger partial charge >= 0.3 is 0 Å². The van der Waals surface area contributed by atoms with Crippen molar-refractivity contribution in [2.45, 2.75) is 24.2 Å². The highest BCUT2D eigenvalue weighted by molar-refractivity contribution is 8.00. The summed E-state index contributed by atoms with van der Waals surface area (Å²) < 4.78 is 6.27. The molecule has 0 bridgehead atoms. The van der Waals surface area contributed by atoms with Gasteiger partial charge in [0.15, 0.2) is 0 Å². The number of para-hydroxylation sites is 1. The molecule has 0 fully saturated rings. The van der Waals surface area contributed by atoms with Gasteiger partial charge in [0.05, 0.1) is 19.2 Å². The van der Waals surface area contributed by atoms with Crippen molar-refractivity contribution in [1.29, 1.82) is 0 Å². The van der Waals surface area contributed by atoms with E-state index >= 15 is 0 Å². The van der Waals surface area contributed by atoms with Crippen molar-refractivity contribution in [3.63, 3.8) is 0 Å². The largest absolute Gasteiger partial charge is 0.496 e. The Labute approximate surface area is 132 Å². The second kappa shape index (κ2) is 7.47. The molecule has 0 radical (unpaired) electrons. The summed E-state index contributed by atoms with van der Waals surface area (Å²) in [6, 6.07) is 7.68. The topological polar surface area (TPSA) is 51.2 Å². The first kappa shape index (κ1) is 15.9. The molecule has 1 heterocycles. The minimum Gasteiger partial charge on any atom is -0.496 e. The van der Waals surface area contributed by atoms with Gasteiger partial charge in [-0.05, 0) is 19.2 Å². The Morgan fingerprint density at radius 1 is 1.43 bits per heavy atom. The summed E-state index contributed by atoms with van der Waals surface area (Å²) in [6.07, 6.45) is 2.36. The number of carbonyl (C=O) groups excluding carboxylic acids is 1. The third-order valence-electron chi connectivity index (χ3n) is 3.04. The molecule has 0 aliphatic carbocycles. The molecule has 0 unspecified atom stereocenters. The standard InChI is InChI=1S/C15H18N2O2S2/c1-10-13(21-15(17-10)20-3)8-14(18)16-9-11-6-4-5-7-12(11)19-2/h4-7H,8-9H2,1-3H3,(H,16,18). The Kier molecular flexibility index (Phi) is 5.64. The molecule has 0 aliphatic heterocycles. The van der Waals surface area contributed by atoms with E-state index in [0.29, 0.717) is 13.0 Å². The molecular formula is C15H18N2O2S2. The lowest BCUT2D eigenvalue weighted by atomic mass is 10.2. The van der Waals surface area contributed by atoms with Crippen LogP contribution in [0, 0.1) is 6.92 Å². The summed E-state index contributed by atoms with van der Waals surface area (Å²) in [6.45, 7) is 2.41. The summed E-state index contributed by atoms with van der Waals surface area (Å²) in [4.78, 5) is 17.5. The fourth-order valence-corrected chi connectivity index (χ4v) is 3.56. The molecule has 6 heteroatoms. The van der Waals surface area contributed by atoms with E-state index in [-0.39, 0.29) is 5.91 Å². The second-order valence-corrected chi connectivity index (χ2v) is 6.59. The highest BCUT2D eigenvalue weighted by Gasteiger charge is 2.12. The van der Waals surface area contributed by atoms with Gasteiger partial charge in [-0.25, -0.2) is 4.98 Å². The summed E-state index contributed by atoms with van der Waals surface area (Å²) >= 11 is 3.19. The lowest BCUT2D eigenvalue weighted by Crippen LogP contribution is -2.24. The zero-order valence-electron chi connectivity index (χ0n) is 12.3. The van der Waals surface area contributed by atoms with Gasteiger partial charge in [-0.2, -0.15) is 0 Å². The lowest BCUT2D eigenvalue weighted by molar-refractivity contribution is -0.120. The third-order valence-corrected chi connectivity index (χ3v) is 5.18. The zero-order valence-corrected chi connectivity index (χ0v) is 13.9. The van der Waals surface area contributed by atoms with Crippen molar-refractivity contribution in [2.75, 3.05) is 13.4 Å². The zero-order chi connectivity index (χ0) is 15.2. The van der Waals surface area contributed by atoms with Crippen LogP contribution in [0.3, 0.4) is 0 Å². The van der Waals surface area contributed by atoms with Crippen LogP contribution in [0.25, 0.3) is 0 Å². The van der Waals surface area contributed by atoms with E-state index in [1.807, 2.05) is 37.4 Å². The molecule has 0 saturated carbocycles. The van der Waals surface area contributed by atoms with Crippen molar-refractivity contribution >= 4 is 29.0 Å². The van der Waals surface area contributed by atoms with Gasteiger partial charge in [0.1, 0.15) is 10.1 Å². The van der Waals surface area contributed by atoms with E-state index in [9.17, 15) is 4.79 Å². The molecule has 1 amide bonds. The van der Waals surface area contributed by atoms with Crippen LogP contribution >= 0.6 is 23.1 Å². The van der Waals surface area contributed by atoms with Gasteiger partial charge in [0.25, 0.3) is 0 Å². The number of hydrogen-bond acceptors (Lipinski definition) is 5. The number of rotatable bonds is 6. The molecule has 2 aromatic rings. The molecule has 21 heavy (non-hydrogen) atoms. The molecule has 0 spiro atoms. The number of thioether (sulfide) groups is 1. The first-order valence-corrected chi connectivity index (χ1v) is 8.57. The molecule has 1 N–H and O–H groups in total. The fraction of sp³-hybridized carbons (Fsp3) is 0.333. The van der Waals surface area contributed by atoms with Crippen molar-refractivity contribution in [1.82, 2.24) is 10.3 Å². The molecule has 0 saturated heterocycles. The molecule has 2 rings (SSSR count). The molecule has 1 aromatic heterocycles. The molecule has 112 valence electrons. The van der Waals surface area contributed by atoms with Crippen LogP contribution in [-0.4, -0.2) is 24.3 Å². The Hall–Kier alpha value is -1.53. The molecule has 0 atom stereocenters. The van der Waals surface area contributed by atoms with Gasteiger partial charge in [0, 0.05) is 17.0 Å². The smallest absolute Gasteiger partial charge is 0.225 e. The summed E-state index contributed by atoms with van der Waals surface area (Å²) in [5.41, 5.74) is 1.91. The van der Waals surface area contributed by atoms with Crippen LogP contribution in [0.2, 0.25) is 0 Å². The van der Waals surface area contributed by atoms with Crippen LogP contribution in [0.5, 0.6) is 5.75 Å². The number of ether oxygens (including phenoxy) is 1. The molecular weight excluding hydrogens is 304 g/mol. The van der Waals surface area contributed by atoms with Gasteiger partial charge in [-0.1, -0.05) is 30.0 Å². The Morgan fingerprint density at radius 2 is 2.19 bits per heavy atom. The lowest BCUT2D eigenvalue weighted by Gasteiger charge is -2.09. The van der Waals surface area contributed by atoms with Gasteiger partial charge in [-0.3, -0.25) is 4.79 Å². The summed E-state index contributed by atoms with van der Waals surface area (Å²) in [5.74, 6) is 0.789. The van der Waals surface area contributed by atoms with Crippen molar-refractivity contribution in [3.05, 3.63) is 40.4 Å². The van der Waals surface area contributed by atoms with Gasteiger partial charge in [0.2, 0.25) is 5.91 Å². The van der Waals surface area contributed by atoms with E-state index < -0.39 is 0 Å². The molecule has 1 aromatic carbocycles. The van der Waals surface area contributed by atoms with Gasteiger partial charge < -0.3 is 10.1 Å². The number of aromatic nitrogens is 1. The number of benzene rings is 1. The van der Waals surface area contributed by atoms with Crippen molar-refractivity contribution in [3.8, 4) is 5.75 Å². The summed E-state index contributed by atoms with van der Waals surface area (Å²) in [5, 5.41) is 2.93. The minimum absolute atomic E-state index is 0.000286. The molecule has 4 nitrogen and oxygen atoms in total. The van der Waals surface area contributed by atoms with Crippen LogP contribution in [0.15, 0.2) is 28.6 Å². The number of methoxy groups -OCH3 is 1. The maximum Gasteiger partial charge on any atom is 0.225 e. The number of carbonyl (C=O) groups is 1. The van der Waals surface area contributed by atoms with E-state index in [1.54, 1.807) is 30.2 Å². The SMILES string of the molecule is COc1ccccc1CNC(=O)Cc1sc(SC)nc1C. The number of aryl methyl sites for hydroxylation is 1.